The number of aliphatic hydroxyl groups is 2. The molecule has 3 N–H and O–H groups in total. The fourth-order valence-corrected chi connectivity index (χ4v) is 9.53. The molecule has 0 aromatic carbocycles. The fourth-order valence-electron chi connectivity index (χ4n) is 9.53. The van der Waals surface area contributed by atoms with E-state index in [0.717, 1.165) is 44.9 Å². The summed E-state index contributed by atoms with van der Waals surface area (Å²) in [5.41, 5.74) is -1.15. The largest absolute Gasteiger partial charge is 0.481 e. The number of fused-ring (bicyclic) bond motifs is 5. The number of aliphatic hydroxyl groups excluding tert-OH is 1. The van der Waals surface area contributed by atoms with Crippen LogP contribution in [-0.4, -0.2) is 38.8 Å². The standard InChI is InChI=1S/C28H46O5/c1-5-6-23(30)28(33)16-18-15-19(29)11-13-26(18,3)22-12-14-27(4)20(8-9-21(27)25(22)28)17(2)7-10-24(31)32/h17-22,25,29,33H,5-16H2,1-4H3,(H,31,32)/t17-,18?,19-,20-,21+,22+,25+,26+,27-,28+/m1/s1. The van der Waals surface area contributed by atoms with Crippen molar-refractivity contribution in [1.29, 1.82) is 0 Å². The average molecular weight is 463 g/mol. The summed E-state index contributed by atoms with van der Waals surface area (Å²) in [5.74, 6) is 0.901. The number of aliphatic carboxylic acids is 1. The van der Waals surface area contributed by atoms with E-state index < -0.39 is 11.6 Å². The molecule has 4 rings (SSSR count). The predicted molar refractivity (Wildman–Crippen MR) is 128 cm³/mol. The Morgan fingerprint density at radius 1 is 1.00 bits per heavy atom. The van der Waals surface area contributed by atoms with Gasteiger partial charge in [0.2, 0.25) is 0 Å². The van der Waals surface area contributed by atoms with Crippen molar-refractivity contribution in [3.8, 4) is 0 Å². The topological polar surface area (TPSA) is 94.8 Å². The van der Waals surface area contributed by atoms with E-state index in [9.17, 15) is 24.9 Å². The van der Waals surface area contributed by atoms with Crippen LogP contribution in [0.5, 0.6) is 0 Å². The van der Waals surface area contributed by atoms with Gasteiger partial charge in [-0.05, 0) is 105 Å². The smallest absolute Gasteiger partial charge is 0.303 e. The van der Waals surface area contributed by atoms with Crippen molar-refractivity contribution in [3.63, 3.8) is 0 Å². The number of rotatable bonds is 7. The van der Waals surface area contributed by atoms with Gasteiger partial charge in [-0.3, -0.25) is 9.59 Å². The fraction of sp³-hybridized carbons (Fsp3) is 0.929. The number of Topliss-reactive ketones (excluding diaryl/α,β-unsaturated/α-hetero) is 1. The van der Waals surface area contributed by atoms with Crippen molar-refractivity contribution in [2.24, 2.45) is 46.3 Å². The van der Waals surface area contributed by atoms with E-state index in [-0.39, 0.29) is 41.0 Å². The van der Waals surface area contributed by atoms with Gasteiger partial charge in [0.1, 0.15) is 5.60 Å². The number of hydrogen-bond acceptors (Lipinski definition) is 4. The summed E-state index contributed by atoms with van der Waals surface area (Å²) in [5, 5.41) is 31.9. The van der Waals surface area contributed by atoms with E-state index in [1.807, 2.05) is 6.92 Å². The molecule has 0 aliphatic heterocycles. The Morgan fingerprint density at radius 3 is 2.33 bits per heavy atom. The van der Waals surface area contributed by atoms with Gasteiger partial charge in [-0.2, -0.15) is 0 Å². The molecule has 0 aromatic rings. The highest BCUT2D eigenvalue weighted by molar-refractivity contribution is 5.87. The van der Waals surface area contributed by atoms with Crippen LogP contribution in [0.3, 0.4) is 0 Å². The zero-order chi connectivity index (χ0) is 24.2. The Labute approximate surface area is 199 Å². The number of hydrogen-bond donors (Lipinski definition) is 3. The summed E-state index contributed by atoms with van der Waals surface area (Å²) in [6.07, 6.45) is 9.04. The summed E-state index contributed by atoms with van der Waals surface area (Å²) in [7, 11) is 0. The van der Waals surface area contributed by atoms with Crippen LogP contribution in [0.2, 0.25) is 0 Å². The number of carbonyl (C=O) groups excluding carboxylic acids is 1. The number of carboxylic acid groups (broad SMARTS) is 1. The van der Waals surface area contributed by atoms with Crippen LogP contribution in [-0.2, 0) is 9.59 Å². The van der Waals surface area contributed by atoms with E-state index in [1.165, 1.54) is 0 Å². The third kappa shape index (κ3) is 3.99. The minimum absolute atomic E-state index is 0.0107. The Morgan fingerprint density at radius 2 is 1.67 bits per heavy atom. The van der Waals surface area contributed by atoms with E-state index >= 15 is 0 Å². The molecule has 33 heavy (non-hydrogen) atoms. The van der Waals surface area contributed by atoms with Crippen LogP contribution in [0.4, 0.5) is 0 Å². The molecule has 0 saturated heterocycles. The van der Waals surface area contributed by atoms with Gasteiger partial charge in [0, 0.05) is 18.8 Å². The molecule has 0 amide bonds. The third-order valence-corrected chi connectivity index (χ3v) is 11.3. The first kappa shape index (κ1) is 25.2. The molecule has 0 bridgehead atoms. The first-order chi connectivity index (χ1) is 15.5. The Kier molecular flexibility index (Phi) is 6.81. The van der Waals surface area contributed by atoms with Crippen LogP contribution in [0.15, 0.2) is 0 Å². The SMILES string of the molecule is CCCC(=O)[C@@]1(O)CC2C[C@H](O)CC[C@]2(C)[C@H]2CC[C@]3(C)[C@@H]([C@H](C)CCC(=O)O)CC[C@H]3[C@@H]21. The van der Waals surface area contributed by atoms with E-state index in [4.69, 9.17) is 0 Å². The van der Waals surface area contributed by atoms with Gasteiger partial charge in [-0.1, -0.05) is 27.7 Å². The van der Waals surface area contributed by atoms with Gasteiger partial charge in [-0.25, -0.2) is 0 Å². The first-order valence-electron chi connectivity index (χ1n) is 13.6. The van der Waals surface area contributed by atoms with Crippen molar-refractivity contribution in [2.45, 2.75) is 116 Å². The minimum Gasteiger partial charge on any atom is -0.481 e. The summed E-state index contributed by atoms with van der Waals surface area (Å²) < 4.78 is 0. The molecule has 4 fully saturated rings. The lowest BCUT2D eigenvalue weighted by atomic mass is 9.40. The molecule has 0 radical (unpaired) electrons. The van der Waals surface area contributed by atoms with Crippen molar-refractivity contribution < 1.29 is 24.9 Å². The maximum Gasteiger partial charge on any atom is 0.303 e. The average Bonchev–Trinajstić information content (AvgIpc) is 3.10. The molecule has 1 unspecified atom stereocenters. The van der Waals surface area contributed by atoms with Gasteiger partial charge >= 0.3 is 5.97 Å². The molecule has 4 aliphatic rings. The van der Waals surface area contributed by atoms with E-state index in [0.29, 0.717) is 49.4 Å². The molecule has 0 aromatic heterocycles. The van der Waals surface area contributed by atoms with Crippen molar-refractivity contribution >= 4 is 11.8 Å². The number of carboxylic acids is 1. The highest BCUT2D eigenvalue weighted by Crippen LogP contribution is 2.70. The predicted octanol–water partition coefficient (Wildman–Crippen LogP) is 5.22. The lowest BCUT2D eigenvalue weighted by Crippen LogP contribution is -2.66. The highest BCUT2D eigenvalue weighted by Gasteiger charge is 2.68. The van der Waals surface area contributed by atoms with Crippen LogP contribution in [0.25, 0.3) is 0 Å². The first-order valence-corrected chi connectivity index (χ1v) is 13.6. The van der Waals surface area contributed by atoms with Crippen molar-refractivity contribution in [3.05, 3.63) is 0 Å². The second-order valence-electron chi connectivity index (χ2n) is 12.8. The minimum atomic E-state index is -1.28. The molecule has 10 atom stereocenters. The zero-order valence-corrected chi connectivity index (χ0v) is 21.2. The summed E-state index contributed by atoms with van der Waals surface area (Å²) in [4.78, 5) is 24.7. The molecule has 0 heterocycles. The maximum absolute atomic E-state index is 13.5. The highest BCUT2D eigenvalue weighted by atomic mass is 16.4. The van der Waals surface area contributed by atoms with Crippen LogP contribution >= 0.6 is 0 Å². The summed E-state index contributed by atoms with van der Waals surface area (Å²) >= 11 is 0. The molecule has 5 nitrogen and oxygen atoms in total. The molecular formula is C28H46O5. The Balaban J connectivity index is 1.69. The van der Waals surface area contributed by atoms with Crippen LogP contribution < -0.4 is 0 Å². The van der Waals surface area contributed by atoms with Gasteiger partial charge in [0.15, 0.2) is 5.78 Å². The Bertz CT molecular complexity index is 765. The third-order valence-electron chi connectivity index (χ3n) is 11.3. The normalized spacial score (nSPS) is 47.8. The molecular weight excluding hydrogens is 416 g/mol. The molecule has 4 aliphatic carbocycles. The molecule has 4 saturated carbocycles. The molecule has 188 valence electrons. The molecule has 5 heteroatoms. The summed E-state index contributed by atoms with van der Waals surface area (Å²) in [6.45, 7) is 8.99. The lowest BCUT2D eigenvalue weighted by Gasteiger charge is -2.65. The van der Waals surface area contributed by atoms with E-state index in [2.05, 4.69) is 20.8 Å². The number of carbonyl (C=O) groups is 2. The van der Waals surface area contributed by atoms with Crippen LogP contribution in [0.1, 0.15) is 105 Å². The quantitative estimate of drug-likeness (QED) is 0.482. The lowest BCUT2D eigenvalue weighted by molar-refractivity contribution is -0.217. The van der Waals surface area contributed by atoms with Gasteiger partial charge in [0.05, 0.1) is 6.10 Å². The van der Waals surface area contributed by atoms with Crippen molar-refractivity contribution in [2.75, 3.05) is 0 Å². The summed E-state index contributed by atoms with van der Waals surface area (Å²) in [6, 6.07) is 0. The second kappa shape index (κ2) is 8.93. The Hall–Kier alpha value is -0.940. The van der Waals surface area contributed by atoms with Crippen LogP contribution in [0, 0.1) is 46.3 Å². The maximum atomic E-state index is 13.5. The molecule has 0 spiro atoms. The zero-order valence-electron chi connectivity index (χ0n) is 21.2. The van der Waals surface area contributed by atoms with E-state index in [1.54, 1.807) is 0 Å². The van der Waals surface area contributed by atoms with Gasteiger partial charge in [0.25, 0.3) is 0 Å². The van der Waals surface area contributed by atoms with Gasteiger partial charge in [-0.15, -0.1) is 0 Å². The van der Waals surface area contributed by atoms with Gasteiger partial charge < -0.3 is 15.3 Å². The second-order valence-corrected chi connectivity index (χ2v) is 12.8. The monoisotopic (exact) mass is 462 g/mol. The number of ketones is 1. The van der Waals surface area contributed by atoms with Crippen molar-refractivity contribution in [1.82, 2.24) is 0 Å².